The number of phenolic OH excluding ortho intramolecular Hbond substituents is 1. The van der Waals surface area contributed by atoms with Crippen LogP contribution in [0.1, 0.15) is 97.7 Å². The number of fused-ring (bicyclic) bond motifs is 3. The number of carboxylic acids is 1. The summed E-state index contributed by atoms with van der Waals surface area (Å²) in [5.41, 5.74) is 2.42. The number of nitrogens with one attached hydrogen (secondary N) is 3. The zero-order valence-corrected chi connectivity index (χ0v) is 38.9. The van der Waals surface area contributed by atoms with E-state index in [1.54, 1.807) is 32.9 Å². The van der Waals surface area contributed by atoms with Crippen LogP contribution in [0.3, 0.4) is 0 Å². The van der Waals surface area contributed by atoms with Gasteiger partial charge in [-0.3, -0.25) is 28.9 Å². The summed E-state index contributed by atoms with van der Waals surface area (Å²) in [6.45, 7) is 6.80. The van der Waals surface area contributed by atoms with Gasteiger partial charge in [-0.05, 0) is 119 Å². The normalized spacial score (nSPS) is 16.7. The summed E-state index contributed by atoms with van der Waals surface area (Å²) in [6, 6.07) is 17.8. The Balaban J connectivity index is 1.04. The van der Waals surface area contributed by atoms with Crippen molar-refractivity contribution in [3.8, 4) is 28.2 Å². The van der Waals surface area contributed by atoms with Gasteiger partial charge in [-0.2, -0.15) is 0 Å². The van der Waals surface area contributed by atoms with Crippen LogP contribution in [0, 0.1) is 0 Å². The molecule has 67 heavy (non-hydrogen) atoms. The van der Waals surface area contributed by atoms with E-state index in [4.69, 9.17) is 9.15 Å². The van der Waals surface area contributed by atoms with Gasteiger partial charge in [0.1, 0.15) is 40.8 Å². The number of aromatic carboxylic acids is 1. The molecule has 352 valence electrons. The highest BCUT2D eigenvalue weighted by Crippen LogP contribution is 2.42. The molecule has 1 saturated heterocycles. The first-order valence-corrected chi connectivity index (χ1v) is 23.4. The molecule has 17 heteroatoms. The minimum Gasteiger partial charge on any atom is -0.508 e. The van der Waals surface area contributed by atoms with Crippen molar-refractivity contribution in [1.82, 2.24) is 25.8 Å². The van der Waals surface area contributed by atoms with Crippen molar-refractivity contribution in [2.75, 3.05) is 25.2 Å². The maximum Gasteiger partial charge on any atom is 0.410 e. The number of carbonyl (C=O) groups excluding carboxylic acids is 5. The number of likely N-dealkylation sites (N-methyl/N-ethyl adjacent to an activating group) is 1. The van der Waals surface area contributed by atoms with Crippen LogP contribution in [0.2, 0.25) is 0 Å². The summed E-state index contributed by atoms with van der Waals surface area (Å²) in [5.74, 6) is -2.44. The molecule has 0 aromatic heterocycles. The van der Waals surface area contributed by atoms with Crippen LogP contribution in [0.4, 0.5) is 4.79 Å². The Bertz CT molecular complexity index is 2750. The molecule has 0 radical (unpaired) electrons. The number of hydrogen-bond acceptors (Lipinski definition) is 11. The summed E-state index contributed by atoms with van der Waals surface area (Å²) >= 11 is 1.44. The van der Waals surface area contributed by atoms with E-state index in [0.717, 1.165) is 29.7 Å². The van der Waals surface area contributed by atoms with Crippen molar-refractivity contribution in [1.29, 1.82) is 0 Å². The number of rotatable bonds is 14. The second-order valence-electron chi connectivity index (χ2n) is 17.9. The lowest BCUT2D eigenvalue weighted by molar-refractivity contribution is -0.142. The SMILES string of the molecule is C[C@@H](C(=O)N[C@@H](CCCCNC(=O)c1ccc(-c2c3ccc(=O)cc-3oc3cc(O)ccc23)c(C(=O)O)c1)C(=O)N1CSC[C@H]1C(=O)N[C@@H]1CCCc2ccccc21)N(C)C(=O)OC(C)(C)C. The van der Waals surface area contributed by atoms with Gasteiger partial charge in [-0.15, -0.1) is 11.8 Å². The van der Waals surface area contributed by atoms with Crippen LogP contribution < -0.4 is 21.4 Å². The van der Waals surface area contributed by atoms with E-state index < -0.39 is 53.5 Å². The summed E-state index contributed by atoms with van der Waals surface area (Å²) in [5, 5.41) is 29.9. The molecule has 2 heterocycles. The third-order valence-electron chi connectivity index (χ3n) is 12.1. The lowest BCUT2D eigenvalue weighted by atomic mass is 9.87. The van der Waals surface area contributed by atoms with Gasteiger partial charge in [0, 0.05) is 53.6 Å². The standard InChI is InChI=1S/C50H55N5O11S/c1-28(54(5)49(64)66-50(2,3)4)44(58)53-39(47(61)55-27-67-26-40(55)46(60)52-38-15-10-12-29-11-6-7-13-33(29)38)14-8-9-22-51-45(59)30-16-19-34(37(23-30)48(62)63)43-35-20-17-31(56)24-41(35)65-42-25-32(57)18-21-36(42)43/h6-7,11,13,16-21,23-25,28,38-40,56H,8-10,12,14-15,22,26-27H2,1-5H3,(H,51,59)(H,52,60)(H,53,58)(H,62,63)/t28-,38+,39-,40-/m0/s1. The Morgan fingerprint density at radius 1 is 0.970 bits per heavy atom. The molecule has 4 atom stereocenters. The quantitative estimate of drug-likeness (QED) is 0.0579. The second kappa shape index (κ2) is 20.3. The molecule has 2 aliphatic carbocycles. The highest BCUT2D eigenvalue weighted by Gasteiger charge is 2.40. The number of thioether (sulfide) groups is 1. The van der Waals surface area contributed by atoms with E-state index in [0.29, 0.717) is 35.1 Å². The van der Waals surface area contributed by atoms with Gasteiger partial charge in [-0.1, -0.05) is 30.3 Å². The molecule has 5 N–H and O–H groups in total. The zero-order chi connectivity index (χ0) is 48.2. The highest BCUT2D eigenvalue weighted by atomic mass is 32.2. The number of aromatic hydroxyl groups is 1. The molecule has 3 aromatic carbocycles. The third-order valence-corrected chi connectivity index (χ3v) is 13.1. The molecule has 0 bridgehead atoms. The molecule has 3 aromatic rings. The number of amides is 5. The number of carboxylic acid groups (broad SMARTS) is 1. The average molecular weight is 934 g/mol. The lowest BCUT2D eigenvalue weighted by Crippen LogP contribution is -2.57. The monoisotopic (exact) mass is 933 g/mol. The van der Waals surface area contributed by atoms with E-state index in [9.17, 15) is 43.8 Å². The zero-order valence-electron chi connectivity index (χ0n) is 38.1. The number of nitrogens with zero attached hydrogens (tertiary/aromatic N) is 2. The first-order chi connectivity index (χ1) is 31.9. The minimum absolute atomic E-state index is 0.0749. The Morgan fingerprint density at radius 2 is 1.73 bits per heavy atom. The van der Waals surface area contributed by atoms with Crippen LogP contribution in [-0.2, 0) is 25.5 Å². The van der Waals surface area contributed by atoms with Crippen LogP contribution in [0.25, 0.3) is 33.4 Å². The molecule has 5 amide bonds. The predicted octanol–water partition coefficient (Wildman–Crippen LogP) is 6.70. The van der Waals surface area contributed by atoms with Crippen LogP contribution in [0.15, 0.2) is 88.1 Å². The van der Waals surface area contributed by atoms with Gasteiger partial charge in [0.05, 0.1) is 17.5 Å². The summed E-state index contributed by atoms with van der Waals surface area (Å²) in [4.78, 5) is 96.0. The molecule has 0 saturated carbocycles. The molecule has 2 aliphatic heterocycles. The Labute approximate surface area is 391 Å². The Morgan fingerprint density at radius 3 is 2.49 bits per heavy atom. The number of carbonyl (C=O) groups is 6. The largest absolute Gasteiger partial charge is 0.508 e. The molecular weight excluding hydrogens is 879 g/mol. The summed E-state index contributed by atoms with van der Waals surface area (Å²) in [7, 11) is 1.43. The molecule has 4 aliphatic rings. The number of hydrogen-bond donors (Lipinski definition) is 5. The van der Waals surface area contributed by atoms with Crippen LogP contribution in [0.5, 0.6) is 5.75 Å². The van der Waals surface area contributed by atoms with Crippen molar-refractivity contribution < 1.29 is 48.1 Å². The first kappa shape index (κ1) is 48.1. The topological polar surface area (TPSA) is 225 Å². The minimum atomic E-state index is -1.30. The number of phenols is 1. The number of benzene rings is 4. The molecule has 0 unspecified atom stereocenters. The van der Waals surface area contributed by atoms with Gasteiger partial charge in [0.2, 0.25) is 17.7 Å². The van der Waals surface area contributed by atoms with Crippen LogP contribution in [-0.4, -0.2) is 105 Å². The fraction of sp³-hybridized carbons (Fsp3) is 0.380. The number of unbranched alkanes of at least 4 members (excludes halogenated alkanes) is 1. The van der Waals surface area contributed by atoms with Gasteiger partial charge < -0.3 is 40.2 Å². The van der Waals surface area contributed by atoms with Gasteiger partial charge in [0.15, 0.2) is 5.43 Å². The lowest BCUT2D eigenvalue weighted by Gasteiger charge is -2.32. The molecule has 0 spiro atoms. The Hall–Kier alpha value is -6.88. The van der Waals surface area contributed by atoms with Gasteiger partial charge >= 0.3 is 12.1 Å². The average Bonchev–Trinajstić information content (AvgIpc) is 3.79. The van der Waals surface area contributed by atoms with E-state index in [1.807, 2.05) is 18.2 Å². The first-order valence-electron chi connectivity index (χ1n) is 22.3. The third kappa shape index (κ3) is 11.1. The summed E-state index contributed by atoms with van der Waals surface area (Å²) in [6.07, 6.45) is 2.77. The summed E-state index contributed by atoms with van der Waals surface area (Å²) < 4.78 is 11.4. The van der Waals surface area contributed by atoms with Crippen molar-refractivity contribution in [2.24, 2.45) is 0 Å². The second-order valence-corrected chi connectivity index (χ2v) is 18.9. The maximum atomic E-state index is 14.4. The van der Waals surface area contributed by atoms with Crippen molar-refractivity contribution >= 4 is 58.4 Å². The van der Waals surface area contributed by atoms with E-state index >= 15 is 0 Å². The van der Waals surface area contributed by atoms with Crippen LogP contribution >= 0.6 is 11.8 Å². The molecular formula is C50H55N5O11S. The number of aryl methyl sites for hydroxylation is 1. The molecule has 16 nitrogen and oxygen atoms in total. The van der Waals surface area contributed by atoms with Crippen molar-refractivity contribution in [2.45, 2.75) is 96.0 Å². The van der Waals surface area contributed by atoms with E-state index in [2.05, 4.69) is 22.0 Å². The van der Waals surface area contributed by atoms with E-state index in [1.165, 1.54) is 78.7 Å². The Kier molecular flexibility index (Phi) is 14.6. The van der Waals surface area contributed by atoms with Crippen molar-refractivity contribution in [3.63, 3.8) is 0 Å². The fourth-order valence-corrected chi connectivity index (χ4v) is 9.64. The van der Waals surface area contributed by atoms with Crippen molar-refractivity contribution in [3.05, 3.63) is 111 Å². The highest BCUT2D eigenvalue weighted by molar-refractivity contribution is 7.99. The molecule has 7 rings (SSSR count). The van der Waals surface area contributed by atoms with E-state index in [-0.39, 0.29) is 70.0 Å². The molecule has 1 fully saturated rings. The smallest absolute Gasteiger partial charge is 0.410 e. The predicted molar refractivity (Wildman–Crippen MR) is 253 cm³/mol. The number of ether oxygens (including phenoxy) is 1. The van der Waals surface area contributed by atoms with Gasteiger partial charge in [-0.25, -0.2) is 9.59 Å². The fourth-order valence-electron chi connectivity index (χ4n) is 8.47. The maximum absolute atomic E-state index is 14.4. The van der Waals surface area contributed by atoms with Gasteiger partial charge in [0.25, 0.3) is 5.91 Å².